The van der Waals surface area contributed by atoms with Crippen molar-refractivity contribution in [1.29, 1.82) is 0 Å². The molecule has 9 heteroatoms. The normalized spacial score (nSPS) is 18.2. The third-order valence-electron chi connectivity index (χ3n) is 4.47. The van der Waals surface area contributed by atoms with Crippen molar-refractivity contribution in [2.24, 2.45) is 0 Å². The molecule has 7 nitrogen and oxygen atoms in total. The average molecular weight is 406 g/mol. The molecule has 1 aliphatic carbocycles. The van der Waals surface area contributed by atoms with Crippen LogP contribution in [0.3, 0.4) is 0 Å². The minimum atomic E-state index is -0.245. The number of morpholine rings is 1. The molecule has 144 valence electrons. The van der Waals surface area contributed by atoms with E-state index in [9.17, 15) is 4.79 Å². The van der Waals surface area contributed by atoms with E-state index in [4.69, 9.17) is 4.74 Å². The summed E-state index contributed by atoms with van der Waals surface area (Å²) in [6, 6.07) is 8.53. The van der Waals surface area contributed by atoms with E-state index >= 15 is 0 Å². The van der Waals surface area contributed by atoms with Crippen molar-refractivity contribution in [3.05, 3.63) is 24.3 Å². The van der Waals surface area contributed by atoms with Crippen molar-refractivity contribution >= 4 is 45.5 Å². The fraction of sp³-hybridized carbons (Fsp3) is 0.500. The molecular formula is C18H23N5O2S2. The molecule has 1 aromatic heterocycles. The minimum absolute atomic E-state index is 0.0361. The number of carbonyl (C=O) groups is 1. The van der Waals surface area contributed by atoms with Crippen molar-refractivity contribution in [2.75, 3.05) is 41.8 Å². The van der Waals surface area contributed by atoms with Crippen molar-refractivity contribution in [3.63, 3.8) is 0 Å². The maximum Gasteiger partial charge on any atom is 0.237 e. The van der Waals surface area contributed by atoms with Gasteiger partial charge in [-0.3, -0.25) is 4.79 Å². The first-order chi connectivity index (χ1) is 13.2. The Morgan fingerprint density at radius 2 is 2.00 bits per heavy atom. The quantitative estimate of drug-likeness (QED) is 0.685. The predicted molar refractivity (Wildman–Crippen MR) is 110 cm³/mol. The maximum absolute atomic E-state index is 12.5. The Labute approximate surface area is 166 Å². The number of amides is 1. The molecule has 1 aromatic carbocycles. The molecule has 1 atom stereocenters. The van der Waals surface area contributed by atoms with Crippen LogP contribution in [0.1, 0.15) is 19.8 Å². The summed E-state index contributed by atoms with van der Waals surface area (Å²) in [5, 5.41) is 15.2. The number of thioether (sulfide) groups is 1. The van der Waals surface area contributed by atoms with E-state index in [1.54, 1.807) is 0 Å². The number of ether oxygens (including phenoxy) is 1. The Bertz CT molecular complexity index is 772. The van der Waals surface area contributed by atoms with Gasteiger partial charge in [0.2, 0.25) is 11.0 Å². The van der Waals surface area contributed by atoms with Gasteiger partial charge in [-0.2, -0.15) is 0 Å². The first-order valence-corrected chi connectivity index (χ1v) is 10.9. The molecular weight excluding hydrogens is 382 g/mol. The Balaban J connectivity index is 1.29. The van der Waals surface area contributed by atoms with E-state index in [2.05, 4.69) is 25.7 Å². The number of anilines is 3. The SMILES string of the molecule is C[C@@H](Sc1nnc(NC2CC2)s1)C(=O)Nc1ccc(N2CCOCC2)cc1. The molecule has 2 aliphatic rings. The minimum Gasteiger partial charge on any atom is -0.378 e. The highest BCUT2D eigenvalue weighted by atomic mass is 32.2. The van der Waals surface area contributed by atoms with E-state index < -0.39 is 0 Å². The summed E-state index contributed by atoms with van der Waals surface area (Å²) in [7, 11) is 0. The predicted octanol–water partition coefficient (Wildman–Crippen LogP) is 3.07. The Hall–Kier alpha value is -1.84. The molecule has 1 saturated heterocycles. The van der Waals surface area contributed by atoms with Gasteiger partial charge in [-0.1, -0.05) is 23.1 Å². The first kappa shape index (κ1) is 18.5. The number of nitrogens with one attached hydrogen (secondary N) is 2. The van der Waals surface area contributed by atoms with Gasteiger partial charge in [-0.05, 0) is 44.0 Å². The highest BCUT2D eigenvalue weighted by molar-refractivity contribution is 8.02. The number of benzene rings is 1. The largest absolute Gasteiger partial charge is 0.378 e. The van der Waals surface area contributed by atoms with Gasteiger partial charge in [-0.15, -0.1) is 10.2 Å². The van der Waals surface area contributed by atoms with E-state index in [0.717, 1.165) is 47.1 Å². The van der Waals surface area contributed by atoms with E-state index in [-0.39, 0.29) is 11.2 Å². The molecule has 0 bridgehead atoms. The van der Waals surface area contributed by atoms with Crippen LogP contribution < -0.4 is 15.5 Å². The van der Waals surface area contributed by atoms with E-state index in [1.807, 2.05) is 31.2 Å². The van der Waals surface area contributed by atoms with Gasteiger partial charge in [-0.25, -0.2) is 0 Å². The van der Waals surface area contributed by atoms with Gasteiger partial charge < -0.3 is 20.3 Å². The maximum atomic E-state index is 12.5. The highest BCUT2D eigenvalue weighted by Gasteiger charge is 2.23. The zero-order valence-electron chi connectivity index (χ0n) is 15.2. The summed E-state index contributed by atoms with van der Waals surface area (Å²) in [6.07, 6.45) is 2.40. The molecule has 2 heterocycles. The van der Waals surface area contributed by atoms with Crippen LogP contribution >= 0.6 is 23.1 Å². The van der Waals surface area contributed by atoms with Gasteiger partial charge in [0.15, 0.2) is 4.34 Å². The van der Waals surface area contributed by atoms with E-state index in [1.165, 1.54) is 35.9 Å². The third kappa shape index (κ3) is 5.12. The Morgan fingerprint density at radius 1 is 1.26 bits per heavy atom. The second-order valence-corrected chi connectivity index (χ2v) is 9.25. The zero-order chi connectivity index (χ0) is 18.6. The molecule has 2 aromatic rings. The van der Waals surface area contributed by atoms with Crippen molar-refractivity contribution in [3.8, 4) is 0 Å². The number of rotatable bonds is 7. The fourth-order valence-electron chi connectivity index (χ4n) is 2.74. The van der Waals surface area contributed by atoms with Crippen LogP contribution in [0, 0.1) is 0 Å². The highest BCUT2D eigenvalue weighted by Crippen LogP contribution is 2.32. The van der Waals surface area contributed by atoms with Crippen LogP contribution in [0.15, 0.2) is 28.6 Å². The summed E-state index contributed by atoms with van der Waals surface area (Å²) in [5.74, 6) is -0.0361. The standard InChI is InChI=1S/C18H23N5O2S2/c1-12(26-18-22-21-17(27-18)20-14-2-3-14)16(24)19-13-4-6-15(7-5-13)23-8-10-25-11-9-23/h4-7,12,14H,2-3,8-11H2,1H3,(H,19,24)(H,20,21)/t12-/m1/s1. The molecule has 27 heavy (non-hydrogen) atoms. The Kier molecular flexibility index (Phi) is 5.80. The fourth-order valence-corrected chi connectivity index (χ4v) is 4.72. The summed E-state index contributed by atoms with van der Waals surface area (Å²) < 4.78 is 6.19. The molecule has 0 spiro atoms. The molecule has 4 rings (SSSR count). The van der Waals surface area contributed by atoms with Crippen LogP contribution in [0.5, 0.6) is 0 Å². The summed E-state index contributed by atoms with van der Waals surface area (Å²) in [5.41, 5.74) is 1.96. The second kappa shape index (κ2) is 8.45. The lowest BCUT2D eigenvalue weighted by molar-refractivity contribution is -0.115. The summed E-state index contributed by atoms with van der Waals surface area (Å²) in [4.78, 5) is 14.8. The van der Waals surface area contributed by atoms with Gasteiger partial charge in [0, 0.05) is 30.5 Å². The number of carbonyl (C=O) groups excluding carboxylic acids is 1. The van der Waals surface area contributed by atoms with Gasteiger partial charge >= 0.3 is 0 Å². The average Bonchev–Trinajstić information content (AvgIpc) is 3.40. The van der Waals surface area contributed by atoms with Crippen LogP contribution in [0.4, 0.5) is 16.5 Å². The number of hydrogen-bond acceptors (Lipinski definition) is 8. The van der Waals surface area contributed by atoms with Crippen molar-refractivity contribution in [1.82, 2.24) is 10.2 Å². The smallest absolute Gasteiger partial charge is 0.237 e. The number of hydrogen-bond donors (Lipinski definition) is 2. The third-order valence-corrected chi connectivity index (χ3v) is 6.51. The van der Waals surface area contributed by atoms with Crippen LogP contribution in [-0.2, 0) is 9.53 Å². The molecule has 1 aliphatic heterocycles. The number of nitrogens with zero attached hydrogens (tertiary/aromatic N) is 3. The first-order valence-electron chi connectivity index (χ1n) is 9.18. The summed E-state index contributed by atoms with van der Waals surface area (Å²) >= 11 is 2.94. The Morgan fingerprint density at radius 3 is 2.70 bits per heavy atom. The molecule has 2 fully saturated rings. The lowest BCUT2D eigenvalue weighted by Gasteiger charge is -2.28. The van der Waals surface area contributed by atoms with Gasteiger partial charge in [0.25, 0.3) is 0 Å². The lowest BCUT2D eigenvalue weighted by Crippen LogP contribution is -2.36. The molecule has 1 saturated carbocycles. The van der Waals surface area contributed by atoms with Gasteiger partial charge in [0.1, 0.15) is 0 Å². The monoisotopic (exact) mass is 405 g/mol. The van der Waals surface area contributed by atoms with Gasteiger partial charge in [0.05, 0.1) is 18.5 Å². The zero-order valence-corrected chi connectivity index (χ0v) is 16.8. The molecule has 2 N–H and O–H groups in total. The molecule has 0 unspecified atom stereocenters. The number of aromatic nitrogens is 2. The van der Waals surface area contributed by atoms with E-state index in [0.29, 0.717) is 6.04 Å². The van der Waals surface area contributed by atoms with Crippen molar-refractivity contribution in [2.45, 2.75) is 35.4 Å². The van der Waals surface area contributed by atoms with Crippen LogP contribution in [0.25, 0.3) is 0 Å². The second-order valence-electron chi connectivity index (χ2n) is 6.69. The van der Waals surface area contributed by atoms with Crippen LogP contribution in [-0.4, -0.2) is 53.7 Å². The topological polar surface area (TPSA) is 79.4 Å². The lowest BCUT2D eigenvalue weighted by atomic mass is 10.2. The van der Waals surface area contributed by atoms with Crippen molar-refractivity contribution < 1.29 is 9.53 Å². The molecule has 0 radical (unpaired) electrons. The summed E-state index contributed by atoms with van der Waals surface area (Å²) in [6.45, 7) is 5.21. The molecule has 1 amide bonds. The van der Waals surface area contributed by atoms with Crippen LogP contribution in [0.2, 0.25) is 0 Å².